The normalized spacial score (nSPS) is 21.1. The summed E-state index contributed by atoms with van der Waals surface area (Å²) < 4.78 is 8.99. The second kappa shape index (κ2) is 15.4. The first kappa shape index (κ1) is 34.5. The van der Waals surface area contributed by atoms with E-state index in [0.29, 0.717) is 12.8 Å². The van der Waals surface area contributed by atoms with Crippen molar-refractivity contribution in [1.29, 1.82) is 0 Å². The van der Waals surface area contributed by atoms with E-state index in [9.17, 15) is 15.0 Å². The zero-order valence-electron chi connectivity index (χ0n) is 27.5. The molecule has 1 aliphatic rings. The fourth-order valence-corrected chi connectivity index (χ4v) is 13.6. The van der Waals surface area contributed by atoms with Crippen LogP contribution in [0.4, 0.5) is 0 Å². The van der Waals surface area contributed by atoms with Gasteiger partial charge in [0.15, 0.2) is 0 Å². The molecule has 4 aromatic rings. The van der Waals surface area contributed by atoms with Gasteiger partial charge in [-0.3, -0.25) is 4.79 Å². The first-order valence-electron chi connectivity index (χ1n) is 17.0. The molecular weight excluding hydrogens is 609 g/mol. The number of thiophene rings is 1. The molecule has 1 aromatic heterocycles. The number of carbonyl (C=O) groups is 1. The number of carboxylic acids is 1. The first-order valence-corrected chi connectivity index (χ1v) is 19.7. The Balaban J connectivity index is 1.46. The Morgan fingerprint density at radius 1 is 0.826 bits per heavy atom. The maximum Gasteiger partial charge on any atom is 0.303 e. The van der Waals surface area contributed by atoms with Gasteiger partial charge in [-0.15, -0.1) is 11.3 Å². The summed E-state index contributed by atoms with van der Waals surface area (Å²) in [7, 11) is -2.86. The van der Waals surface area contributed by atoms with Crippen molar-refractivity contribution in [3.05, 3.63) is 95.9 Å². The number of benzene rings is 3. The van der Waals surface area contributed by atoms with E-state index in [2.05, 4.69) is 112 Å². The summed E-state index contributed by atoms with van der Waals surface area (Å²) in [6, 6.07) is 32.3. The molecule has 1 heterocycles. The van der Waals surface area contributed by atoms with Crippen molar-refractivity contribution < 1.29 is 24.5 Å². The van der Waals surface area contributed by atoms with E-state index < -0.39 is 26.5 Å². The summed E-state index contributed by atoms with van der Waals surface area (Å²) in [6.07, 6.45) is 5.19. The van der Waals surface area contributed by atoms with Crippen molar-refractivity contribution >= 4 is 46.1 Å². The van der Waals surface area contributed by atoms with E-state index in [1.54, 1.807) is 11.3 Å². The molecule has 5 nitrogen and oxygen atoms in total. The van der Waals surface area contributed by atoms with Crippen molar-refractivity contribution in [2.45, 2.75) is 102 Å². The van der Waals surface area contributed by atoms with Gasteiger partial charge in [-0.1, -0.05) is 119 Å². The molecule has 7 heteroatoms. The summed E-state index contributed by atoms with van der Waals surface area (Å²) in [4.78, 5) is 12.1. The lowest BCUT2D eigenvalue weighted by Crippen LogP contribution is -2.66. The van der Waals surface area contributed by atoms with Gasteiger partial charge in [0.25, 0.3) is 8.32 Å². The smallest absolute Gasteiger partial charge is 0.303 e. The lowest BCUT2D eigenvalue weighted by atomic mass is 9.84. The highest BCUT2D eigenvalue weighted by atomic mass is 32.1. The van der Waals surface area contributed by atoms with Crippen LogP contribution < -0.4 is 10.4 Å². The zero-order chi connectivity index (χ0) is 32.7. The predicted octanol–water partition coefficient (Wildman–Crippen LogP) is 8.08. The molecule has 3 N–H and O–H groups in total. The van der Waals surface area contributed by atoms with Crippen LogP contribution in [0.1, 0.15) is 89.5 Å². The van der Waals surface area contributed by atoms with Crippen molar-refractivity contribution in [2.24, 2.45) is 11.8 Å². The van der Waals surface area contributed by atoms with Crippen LogP contribution in [0, 0.1) is 11.8 Å². The molecule has 1 saturated carbocycles. The molecule has 3 aromatic carbocycles. The third kappa shape index (κ3) is 7.83. The Morgan fingerprint density at radius 2 is 1.39 bits per heavy atom. The number of aliphatic hydroxyl groups is 2. The second-order valence-electron chi connectivity index (χ2n) is 14.1. The van der Waals surface area contributed by atoms with Crippen molar-refractivity contribution in [2.75, 3.05) is 0 Å². The van der Waals surface area contributed by atoms with Crippen LogP contribution >= 0.6 is 11.3 Å². The maximum absolute atomic E-state index is 11.2. The van der Waals surface area contributed by atoms with Crippen LogP contribution in [-0.2, 0) is 9.22 Å². The van der Waals surface area contributed by atoms with Gasteiger partial charge in [0, 0.05) is 16.0 Å². The molecule has 1 aliphatic carbocycles. The number of aliphatic carboxylic acids is 1. The molecule has 1 fully saturated rings. The highest BCUT2D eigenvalue weighted by molar-refractivity contribution is 7.19. The number of rotatable bonds is 15. The Hall–Kier alpha value is -2.81. The molecule has 5 atom stereocenters. The fourth-order valence-electron chi connectivity index (χ4n) is 7.66. The molecule has 0 spiro atoms. The van der Waals surface area contributed by atoms with Gasteiger partial charge >= 0.3 is 5.97 Å². The van der Waals surface area contributed by atoms with Crippen LogP contribution in [0.15, 0.2) is 91.0 Å². The van der Waals surface area contributed by atoms with E-state index in [4.69, 9.17) is 9.53 Å². The Labute approximate surface area is 279 Å². The Kier molecular flexibility index (Phi) is 11.6. The topological polar surface area (TPSA) is 87.0 Å². The molecule has 0 aliphatic heterocycles. The summed E-state index contributed by atoms with van der Waals surface area (Å²) in [6.45, 7) is 6.93. The zero-order valence-corrected chi connectivity index (χ0v) is 29.3. The van der Waals surface area contributed by atoms with Crippen LogP contribution in [0.25, 0.3) is 10.1 Å². The molecule has 246 valence electrons. The van der Waals surface area contributed by atoms with Gasteiger partial charge in [0.05, 0.1) is 18.3 Å². The minimum absolute atomic E-state index is 0.00588. The molecule has 0 bridgehead atoms. The number of hydrogen-bond donors (Lipinski definition) is 3. The van der Waals surface area contributed by atoms with Gasteiger partial charge in [0.2, 0.25) is 0 Å². The standard InChI is InChI=1S/C39H50O5SSi/c1-39(2,3)46(29-17-8-6-9-18-29,30-19-10-7-11-20-30)44-35(37-26-28-16-14-15-22-36(28)45-37)25-24-32-31(33(40)27-34(32)41)21-12-4-5-13-23-38(42)43/h6-11,14-20,22,26,31-35,40-41H,4-5,12-13,21,23-25,27H2,1-3H3,(H,42,43)/t31-,32-,33+,34-,35-/m1/s1. The monoisotopic (exact) mass is 658 g/mol. The van der Waals surface area contributed by atoms with Crippen LogP contribution in [0.5, 0.6) is 0 Å². The minimum Gasteiger partial charge on any atom is -0.481 e. The highest BCUT2D eigenvalue weighted by Crippen LogP contribution is 2.45. The average molecular weight is 659 g/mol. The van der Waals surface area contributed by atoms with Gasteiger partial charge in [0.1, 0.15) is 0 Å². The Morgan fingerprint density at radius 3 is 1.98 bits per heavy atom. The molecule has 5 rings (SSSR count). The highest BCUT2D eigenvalue weighted by Gasteiger charge is 2.52. The summed E-state index contributed by atoms with van der Waals surface area (Å²) in [5.74, 6) is -0.720. The maximum atomic E-state index is 11.2. The average Bonchev–Trinajstić information content (AvgIpc) is 3.58. The largest absolute Gasteiger partial charge is 0.481 e. The number of unbranched alkanes of at least 4 members (excludes halogenated alkanes) is 3. The number of fused-ring (bicyclic) bond motifs is 1. The molecule has 0 saturated heterocycles. The molecule has 46 heavy (non-hydrogen) atoms. The summed E-state index contributed by atoms with van der Waals surface area (Å²) in [5.41, 5.74) is 0. The van der Waals surface area contributed by atoms with Gasteiger partial charge in [-0.2, -0.15) is 0 Å². The van der Waals surface area contributed by atoms with Crippen LogP contribution in [0.3, 0.4) is 0 Å². The van der Waals surface area contributed by atoms with E-state index in [0.717, 1.165) is 38.5 Å². The predicted molar refractivity (Wildman–Crippen MR) is 191 cm³/mol. The lowest BCUT2D eigenvalue weighted by Gasteiger charge is -2.45. The SMILES string of the molecule is CC(C)(C)[Si](O[C@H](CC[C@@H]1[C@@H](CCCCCCC(=O)O)[C@@H](O)C[C@H]1O)c1cc2ccccc2s1)(c1ccccc1)c1ccccc1. The second-order valence-corrected chi connectivity index (χ2v) is 19.4. The Bertz CT molecular complexity index is 1460. The minimum atomic E-state index is -2.86. The lowest BCUT2D eigenvalue weighted by molar-refractivity contribution is -0.137. The van der Waals surface area contributed by atoms with E-state index >= 15 is 0 Å². The van der Waals surface area contributed by atoms with E-state index in [1.807, 2.05) is 0 Å². The number of hydrogen-bond acceptors (Lipinski definition) is 5. The summed E-state index contributed by atoms with van der Waals surface area (Å²) in [5, 5.41) is 34.7. The fraction of sp³-hybridized carbons (Fsp3) is 0.462. The quantitative estimate of drug-likeness (QED) is 0.0888. The number of carboxylic acid groups (broad SMARTS) is 1. The number of aliphatic hydroxyl groups excluding tert-OH is 2. The van der Waals surface area contributed by atoms with Crippen LogP contribution in [0.2, 0.25) is 5.04 Å². The van der Waals surface area contributed by atoms with E-state index in [1.165, 1.54) is 25.3 Å². The van der Waals surface area contributed by atoms with Gasteiger partial charge < -0.3 is 19.7 Å². The van der Waals surface area contributed by atoms with E-state index in [-0.39, 0.29) is 29.4 Å². The summed E-state index contributed by atoms with van der Waals surface area (Å²) >= 11 is 1.80. The molecule has 0 unspecified atom stereocenters. The third-order valence-electron chi connectivity index (χ3n) is 9.96. The molecular formula is C39H50O5SSi. The van der Waals surface area contributed by atoms with Crippen LogP contribution in [-0.4, -0.2) is 41.8 Å². The van der Waals surface area contributed by atoms with Crippen molar-refractivity contribution in [3.8, 4) is 0 Å². The molecule has 0 amide bonds. The first-order chi connectivity index (χ1) is 22.1. The van der Waals surface area contributed by atoms with Gasteiger partial charge in [-0.25, -0.2) is 0 Å². The van der Waals surface area contributed by atoms with Gasteiger partial charge in [-0.05, 0) is 76.9 Å². The van der Waals surface area contributed by atoms with Crippen molar-refractivity contribution in [1.82, 2.24) is 0 Å². The van der Waals surface area contributed by atoms with Crippen molar-refractivity contribution in [3.63, 3.8) is 0 Å². The third-order valence-corrected chi connectivity index (χ3v) is 16.2. The molecule has 0 radical (unpaired) electrons.